The number of carboxylic acids is 1. The minimum atomic E-state index is -0.874. The van der Waals surface area contributed by atoms with Crippen molar-refractivity contribution in [1.82, 2.24) is 14.9 Å². The molecule has 0 aliphatic carbocycles. The maximum Gasteiger partial charge on any atom is 0.324 e. The number of carboxylic acid groups (broad SMARTS) is 1. The summed E-state index contributed by atoms with van der Waals surface area (Å²) in [6, 6.07) is 1.25. The van der Waals surface area contributed by atoms with Gasteiger partial charge in [-0.3, -0.25) is 10.1 Å². The highest BCUT2D eigenvalue weighted by atomic mass is 16.5. The number of carbonyl (C=O) groups excluding carboxylic acids is 1. The first-order valence-corrected chi connectivity index (χ1v) is 6.68. The van der Waals surface area contributed by atoms with Gasteiger partial charge in [-0.1, -0.05) is 0 Å². The van der Waals surface area contributed by atoms with Crippen LogP contribution in [0.4, 0.5) is 10.7 Å². The van der Waals surface area contributed by atoms with Crippen LogP contribution in [0.5, 0.6) is 5.88 Å². The van der Waals surface area contributed by atoms with E-state index in [0.29, 0.717) is 31.0 Å². The van der Waals surface area contributed by atoms with Gasteiger partial charge < -0.3 is 14.7 Å². The van der Waals surface area contributed by atoms with Gasteiger partial charge in [-0.05, 0) is 19.8 Å². The third-order valence-electron chi connectivity index (χ3n) is 3.32. The number of nitrogens with zero attached hydrogens (tertiary/aromatic N) is 3. The first-order valence-electron chi connectivity index (χ1n) is 6.68. The number of hydrogen-bond acceptors (Lipinski definition) is 5. The Hall–Kier alpha value is -2.38. The number of likely N-dealkylation sites (tertiary alicyclic amines) is 1. The van der Waals surface area contributed by atoms with Gasteiger partial charge in [0.15, 0.2) is 0 Å². The van der Waals surface area contributed by atoms with Crippen molar-refractivity contribution in [3.63, 3.8) is 0 Å². The Morgan fingerprint density at radius 1 is 1.48 bits per heavy atom. The molecule has 0 bridgehead atoms. The number of aromatic nitrogens is 2. The Labute approximate surface area is 122 Å². The normalized spacial score (nSPS) is 18.2. The van der Waals surface area contributed by atoms with Gasteiger partial charge in [-0.15, -0.1) is 0 Å². The number of anilines is 1. The van der Waals surface area contributed by atoms with E-state index in [1.807, 2.05) is 0 Å². The van der Waals surface area contributed by atoms with Crippen LogP contribution in [0, 0.1) is 12.8 Å². The van der Waals surface area contributed by atoms with Gasteiger partial charge in [-0.25, -0.2) is 9.78 Å². The van der Waals surface area contributed by atoms with Gasteiger partial charge in [0.2, 0.25) is 11.8 Å². The van der Waals surface area contributed by atoms with Gasteiger partial charge in [0.25, 0.3) is 0 Å². The smallest absolute Gasteiger partial charge is 0.324 e. The van der Waals surface area contributed by atoms with Crippen molar-refractivity contribution in [2.45, 2.75) is 19.8 Å². The number of amides is 2. The Morgan fingerprint density at radius 3 is 2.90 bits per heavy atom. The Kier molecular flexibility index (Phi) is 4.56. The molecule has 21 heavy (non-hydrogen) atoms. The largest absolute Gasteiger partial charge is 0.481 e. The van der Waals surface area contributed by atoms with E-state index < -0.39 is 17.9 Å². The summed E-state index contributed by atoms with van der Waals surface area (Å²) in [5.41, 5.74) is 0.666. The van der Waals surface area contributed by atoms with Crippen LogP contribution >= 0.6 is 0 Å². The van der Waals surface area contributed by atoms with E-state index >= 15 is 0 Å². The van der Waals surface area contributed by atoms with Gasteiger partial charge >= 0.3 is 12.0 Å². The minimum absolute atomic E-state index is 0.147. The van der Waals surface area contributed by atoms with Crippen LogP contribution in [-0.2, 0) is 4.79 Å². The summed E-state index contributed by atoms with van der Waals surface area (Å²) in [6.45, 7) is 2.49. The van der Waals surface area contributed by atoms with Crippen LogP contribution < -0.4 is 10.1 Å². The number of methoxy groups -OCH3 is 1. The number of aryl methyl sites for hydroxylation is 1. The summed E-state index contributed by atoms with van der Waals surface area (Å²) >= 11 is 0. The van der Waals surface area contributed by atoms with E-state index in [1.165, 1.54) is 12.0 Å². The number of carbonyl (C=O) groups is 2. The molecule has 0 aromatic carbocycles. The second kappa shape index (κ2) is 6.38. The zero-order valence-electron chi connectivity index (χ0n) is 12.0. The molecule has 8 heteroatoms. The van der Waals surface area contributed by atoms with E-state index in [-0.39, 0.29) is 12.5 Å². The highest BCUT2D eigenvalue weighted by Crippen LogP contribution is 2.18. The molecule has 114 valence electrons. The molecule has 0 saturated carbocycles. The lowest BCUT2D eigenvalue weighted by Gasteiger charge is -2.30. The molecule has 8 nitrogen and oxygen atoms in total. The number of piperidine rings is 1. The fraction of sp³-hybridized carbons (Fsp3) is 0.538. The summed E-state index contributed by atoms with van der Waals surface area (Å²) in [6.07, 6.45) is 1.26. The Bertz CT molecular complexity index is 549. The average molecular weight is 294 g/mol. The number of ether oxygens (including phenoxy) is 1. The van der Waals surface area contributed by atoms with Gasteiger partial charge in [-0.2, -0.15) is 4.98 Å². The van der Waals surface area contributed by atoms with E-state index in [4.69, 9.17) is 9.84 Å². The van der Waals surface area contributed by atoms with Crippen molar-refractivity contribution in [3.8, 4) is 5.88 Å². The molecule has 1 aliphatic heterocycles. The highest BCUT2D eigenvalue weighted by molar-refractivity contribution is 5.88. The molecule has 0 radical (unpaired) electrons. The number of rotatable bonds is 3. The predicted molar refractivity (Wildman–Crippen MR) is 74.3 cm³/mol. The van der Waals surface area contributed by atoms with Crippen LogP contribution in [0.25, 0.3) is 0 Å². The number of hydrogen-bond donors (Lipinski definition) is 2. The van der Waals surface area contributed by atoms with Crippen molar-refractivity contribution in [3.05, 3.63) is 11.8 Å². The van der Waals surface area contributed by atoms with Crippen molar-refractivity contribution in [1.29, 1.82) is 0 Å². The molecule has 1 aromatic heterocycles. The van der Waals surface area contributed by atoms with Crippen molar-refractivity contribution in [2.75, 3.05) is 25.5 Å². The molecule has 1 aromatic rings. The topological polar surface area (TPSA) is 105 Å². The van der Waals surface area contributed by atoms with Crippen LogP contribution in [0.3, 0.4) is 0 Å². The maximum atomic E-state index is 12.1. The van der Waals surface area contributed by atoms with Crippen molar-refractivity contribution in [2.24, 2.45) is 5.92 Å². The summed E-state index contributed by atoms with van der Waals surface area (Å²) in [4.78, 5) is 32.8. The summed E-state index contributed by atoms with van der Waals surface area (Å²) < 4.78 is 5.02. The monoisotopic (exact) mass is 294 g/mol. The molecule has 1 atom stereocenters. The van der Waals surface area contributed by atoms with E-state index in [0.717, 1.165) is 0 Å². The maximum absolute atomic E-state index is 12.1. The summed E-state index contributed by atoms with van der Waals surface area (Å²) in [5, 5.41) is 11.6. The zero-order valence-corrected chi connectivity index (χ0v) is 12.0. The van der Waals surface area contributed by atoms with Crippen molar-refractivity contribution >= 4 is 17.9 Å². The second-order valence-electron chi connectivity index (χ2n) is 4.93. The van der Waals surface area contributed by atoms with Crippen LogP contribution in [-0.4, -0.2) is 52.2 Å². The first kappa shape index (κ1) is 15.0. The third kappa shape index (κ3) is 3.80. The van der Waals surface area contributed by atoms with E-state index in [9.17, 15) is 9.59 Å². The molecular weight excluding hydrogens is 276 g/mol. The lowest BCUT2D eigenvalue weighted by molar-refractivity contribution is -0.143. The van der Waals surface area contributed by atoms with Crippen LogP contribution in [0.2, 0.25) is 0 Å². The standard InChI is InChI=1S/C13H18N4O4/c1-8-6-10(21-2)15-12(14-8)16-13(20)17-5-3-4-9(7-17)11(18)19/h6,9H,3-5,7H2,1-2H3,(H,18,19)(H,14,15,16,20)/t9-/m0/s1. The molecule has 1 fully saturated rings. The number of aliphatic carboxylic acids is 1. The number of nitrogens with one attached hydrogen (secondary N) is 1. The van der Waals surface area contributed by atoms with E-state index in [2.05, 4.69) is 15.3 Å². The van der Waals surface area contributed by atoms with Gasteiger partial charge in [0, 0.05) is 24.8 Å². The lowest BCUT2D eigenvalue weighted by Crippen LogP contribution is -2.44. The Balaban J connectivity index is 2.04. The molecule has 1 saturated heterocycles. The molecule has 2 heterocycles. The predicted octanol–water partition coefficient (Wildman–Crippen LogP) is 1.12. The SMILES string of the molecule is COc1cc(C)nc(NC(=O)N2CCC[C@H](C(=O)O)C2)n1. The average Bonchev–Trinajstić information content (AvgIpc) is 2.46. The van der Waals surface area contributed by atoms with Crippen molar-refractivity contribution < 1.29 is 19.4 Å². The van der Waals surface area contributed by atoms with E-state index in [1.54, 1.807) is 13.0 Å². The fourth-order valence-electron chi connectivity index (χ4n) is 2.24. The summed E-state index contributed by atoms with van der Waals surface area (Å²) in [7, 11) is 1.48. The Morgan fingerprint density at radius 2 is 2.24 bits per heavy atom. The lowest BCUT2D eigenvalue weighted by atomic mass is 9.99. The molecule has 0 unspecified atom stereocenters. The second-order valence-corrected chi connectivity index (χ2v) is 4.93. The number of urea groups is 1. The molecule has 1 aliphatic rings. The van der Waals surface area contributed by atoms with Crippen LogP contribution in [0.1, 0.15) is 18.5 Å². The van der Waals surface area contributed by atoms with Gasteiger partial charge in [0.1, 0.15) is 0 Å². The molecule has 2 rings (SSSR count). The quantitative estimate of drug-likeness (QED) is 0.865. The zero-order chi connectivity index (χ0) is 15.4. The molecule has 2 amide bonds. The third-order valence-corrected chi connectivity index (χ3v) is 3.32. The van der Waals surface area contributed by atoms with Gasteiger partial charge in [0.05, 0.1) is 13.0 Å². The molecule has 2 N–H and O–H groups in total. The highest BCUT2D eigenvalue weighted by Gasteiger charge is 2.28. The first-order chi connectivity index (χ1) is 9.99. The molecular formula is C13H18N4O4. The minimum Gasteiger partial charge on any atom is -0.481 e. The fourth-order valence-corrected chi connectivity index (χ4v) is 2.24. The summed E-state index contributed by atoms with van der Waals surface area (Å²) in [5.74, 6) is -0.882. The van der Waals surface area contributed by atoms with Crippen LogP contribution in [0.15, 0.2) is 6.07 Å². The molecule has 0 spiro atoms.